The van der Waals surface area contributed by atoms with Crippen molar-refractivity contribution in [3.05, 3.63) is 22.4 Å². The topological polar surface area (TPSA) is 41.5 Å². The Morgan fingerprint density at radius 1 is 1.53 bits per heavy atom. The van der Waals surface area contributed by atoms with Gasteiger partial charge in [-0.15, -0.1) is 11.3 Å². The first-order valence-corrected chi connectivity index (χ1v) is 6.96. The summed E-state index contributed by atoms with van der Waals surface area (Å²) in [5.74, 6) is 0. The highest BCUT2D eigenvalue weighted by Crippen LogP contribution is 2.32. The van der Waals surface area contributed by atoms with Gasteiger partial charge in [-0.1, -0.05) is 6.07 Å². The maximum atomic E-state index is 9.69. The van der Waals surface area contributed by atoms with Crippen LogP contribution in [-0.4, -0.2) is 29.5 Å². The second kappa shape index (κ2) is 5.06. The molecule has 0 bridgehead atoms. The number of hydrogen-bond donors (Lipinski definition) is 2. The largest absolute Gasteiger partial charge is 0.394 e. The number of nitrogens with one attached hydrogen (secondary N) is 1. The first kappa shape index (κ1) is 13.0. The summed E-state index contributed by atoms with van der Waals surface area (Å²) in [6.07, 6.45) is 1.72. The van der Waals surface area contributed by atoms with Crippen LogP contribution >= 0.6 is 11.3 Å². The van der Waals surface area contributed by atoms with Crippen LogP contribution in [0.3, 0.4) is 0 Å². The summed E-state index contributed by atoms with van der Waals surface area (Å²) in [7, 11) is 0. The van der Waals surface area contributed by atoms with Crippen molar-refractivity contribution in [2.24, 2.45) is 0 Å². The number of aliphatic hydroxyl groups is 1. The predicted molar refractivity (Wildman–Crippen MR) is 70.2 cm³/mol. The molecule has 0 aliphatic carbocycles. The van der Waals surface area contributed by atoms with Gasteiger partial charge in [-0.05, 0) is 38.1 Å². The predicted octanol–water partition coefficient (Wildman–Crippen LogP) is 2.16. The van der Waals surface area contributed by atoms with Gasteiger partial charge in [0.15, 0.2) is 0 Å². The van der Waals surface area contributed by atoms with Crippen molar-refractivity contribution in [3.8, 4) is 0 Å². The van der Waals surface area contributed by atoms with E-state index in [1.54, 1.807) is 11.3 Å². The van der Waals surface area contributed by atoms with Crippen LogP contribution in [0, 0.1) is 0 Å². The minimum Gasteiger partial charge on any atom is -0.394 e. The van der Waals surface area contributed by atoms with Crippen LogP contribution in [0.25, 0.3) is 0 Å². The van der Waals surface area contributed by atoms with Gasteiger partial charge in [0.05, 0.1) is 12.2 Å². The summed E-state index contributed by atoms with van der Waals surface area (Å²) in [5.41, 5.74) is -0.338. The quantitative estimate of drug-likeness (QED) is 0.866. The van der Waals surface area contributed by atoms with E-state index in [9.17, 15) is 5.11 Å². The molecule has 0 radical (unpaired) electrons. The molecule has 1 saturated heterocycles. The highest BCUT2D eigenvalue weighted by Gasteiger charge is 2.40. The summed E-state index contributed by atoms with van der Waals surface area (Å²) >= 11 is 1.75. The Kier molecular flexibility index (Phi) is 3.88. The number of thiophene rings is 1. The van der Waals surface area contributed by atoms with Gasteiger partial charge in [0.2, 0.25) is 0 Å². The van der Waals surface area contributed by atoms with Crippen molar-refractivity contribution in [1.29, 1.82) is 0 Å². The van der Waals surface area contributed by atoms with Gasteiger partial charge < -0.3 is 15.2 Å². The van der Waals surface area contributed by atoms with Gasteiger partial charge in [-0.2, -0.15) is 0 Å². The highest BCUT2D eigenvalue weighted by molar-refractivity contribution is 7.09. The van der Waals surface area contributed by atoms with Gasteiger partial charge in [-0.25, -0.2) is 0 Å². The first-order valence-electron chi connectivity index (χ1n) is 6.08. The lowest BCUT2D eigenvalue weighted by atomic mass is 9.82. The summed E-state index contributed by atoms with van der Waals surface area (Å²) in [5, 5.41) is 15.3. The molecular formula is C13H21NO2S. The van der Waals surface area contributed by atoms with Gasteiger partial charge in [0, 0.05) is 23.6 Å². The second-order valence-corrected chi connectivity index (χ2v) is 6.44. The molecule has 2 rings (SSSR count). The first-order chi connectivity index (χ1) is 8.05. The van der Waals surface area contributed by atoms with Crippen LogP contribution in [0.2, 0.25) is 0 Å². The lowest BCUT2D eigenvalue weighted by Gasteiger charge is -2.44. The fourth-order valence-corrected chi connectivity index (χ4v) is 3.15. The van der Waals surface area contributed by atoms with Crippen LogP contribution in [0.15, 0.2) is 17.5 Å². The van der Waals surface area contributed by atoms with E-state index in [0.717, 1.165) is 19.4 Å². The van der Waals surface area contributed by atoms with E-state index in [-0.39, 0.29) is 17.7 Å². The fraction of sp³-hybridized carbons (Fsp3) is 0.692. The summed E-state index contributed by atoms with van der Waals surface area (Å²) in [6.45, 7) is 5.89. The maximum Gasteiger partial charge on any atom is 0.0645 e. The van der Waals surface area contributed by atoms with Gasteiger partial charge in [0.25, 0.3) is 0 Å². The molecule has 0 saturated carbocycles. The molecule has 4 heteroatoms. The van der Waals surface area contributed by atoms with E-state index in [1.807, 2.05) is 0 Å². The standard InChI is InChI=1S/C13H21NO2S/c1-12(2)9-13(10-15,5-6-16-12)14-8-11-4-3-7-17-11/h3-4,7,14-15H,5-6,8-10H2,1-2H3. The molecule has 1 aliphatic heterocycles. The van der Waals surface area contributed by atoms with Crippen LogP contribution < -0.4 is 5.32 Å². The van der Waals surface area contributed by atoms with Gasteiger partial charge in [0.1, 0.15) is 0 Å². The molecule has 0 aromatic carbocycles. The number of ether oxygens (including phenoxy) is 1. The van der Waals surface area contributed by atoms with Crippen LogP contribution in [-0.2, 0) is 11.3 Å². The molecule has 1 aromatic rings. The molecule has 1 atom stereocenters. The van der Waals surface area contributed by atoms with Crippen molar-refractivity contribution in [3.63, 3.8) is 0 Å². The average molecular weight is 255 g/mol. The number of hydrogen-bond acceptors (Lipinski definition) is 4. The Bertz CT molecular complexity index is 350. The molecule has 1 unspecified atom stereocenters. The van der Waals surface area contributed by atoms with E-state index >= 15 is 0 Å². The molecule has 0 amide bonds. The van der Waals surface area contributed by atoms with E-state index in [4.69, 9.17) is 4.74 Å². The zero-order chi connectivity index (χ0) is 12.4. The third-order valence-corrected chi connectivity index (χ3v) is 4.23. The highest BCUT2D eigenvalue weighted by atomic mass is 32.1. The zero-order valence-corrected chi connectivity index (χ0v) is 11.3. The third-order valence-electron chi connectivity index (χ3n) is 3.36. The van der Waals surface area contributed by atoms with Crippen molar-refractivity contribution >= 4 is 11.3 Å². The van der Waals surface area contributed by atoms with E-state index in [1.165, 1.54) is 4.88 Å². The van der Waals surface area contributed by atoms with Crippen molar-refractivity contribution < 1.29 is 9.84 Å². The van der Waals surface area contributed by atoms with Crippen molar-refractivity contribution in [2.45, 2.75) is 44.4 Å². The Morgan fingerprint density at radius 3 is 2.94 bits per heavy atom. The average Bonchev–Trinajstić information content (AvgIpc) is 2.78. The normalized spacial score (nSPS) is 28.2. The second-order valence-electron chi connectivity index (χ2n) is 5.41. The number of rotatable bonds is 4. The molecule has 0 spiro atoms. The minimum atomic E-state index is -0.189. The minimum absolute atomic E-state index is 0.149. The summed E-state index contributed by atoms with van der Waals surface area (Å²) in [4.78, 5) is 1.31. The molecule has 1 fully saturated rings. The maximum absolute atomic E-state index is 9.69. The molecule has 96 valence electrons. The van der Waals surface area contributed by atoms with E-state index in [2.05, 4.69) is 36.7 Å². The molecular weight excluding hydrogens is 234 g/mol. The van der Waals surface area contributed by atoms with Gasteiger partial charge in [-0.3, -0.25) is 0 Å². The summed E-state index contributed by atoms with van der Waals surface area (Å²) < 4.78 is 5.71. The Labute approximate surface area is 107 Å². The van der Waals surface area contributed by atoms with E-state index in [0.29, 0.717) is 6.61 Å². The molecule has 1 aromatic heterocycles. The summed E-state index contributed by atoms with van der Waals surface area (Å²) in [6, 6.07) is 4.18. The molecule has 17 heavy (non-hydrogen) atoms. The smallest absolute Gasteiger partial charge is 0.0645 e. The SMILES string of the molecule is CC1(C)CC(CO)(NCc2cccs2)CCO1. The molecule has 1 aliphatic rings. The Balaban J connectivity index is 1.99. The molecule has 2 N–H and O–H groups in total. The Hall–Kier alpha value is -0.420. The fourth-order valence-electron chi connectivity index (χ4n) is 2.51. The zero-order valence-electron chi connectivity index (χ0n) is 10.5. The lowest BCUT2D eigenvalue weighted by molar-refractivity contribution is -0.0984. The molecule has 3 nitrogen and oxygen atoms in total. The Morgan fingerprint density at radius 2 is 2.35 bits per heavy atom. The monoisotopic (exact) mass is 255 g/mol. The van der Waals surface area contributed by atoms with Crippen molar-refractivity contribution in [1.82, 2.24) is 5.32 Å². The number of aliphatic hydroxyl groups excluding tert-OH is 1. The third kappa shape index (κ3) is 3.28. The van der Waals surface area contributed by atoms with E-state index < -0.39 is 0 Å². The van der Waals surface area contributed by atoms with Crippen LogP contribution in [0.1, 0.15) is 31.6 Å². The lowest BCUT2D eigenvalue weighted by Crippen LogP contribution is -2.56. The molecule has 2 heterocycles. The van der Waals surface area contributed by atoms with Crippen LogP contribution in [0.4, 0.5) is 0 Å². The van der Waals surface area contributed by atoms with Gasteiger partial charge >= 0.3 is 0 Å². The van der Waals surface area contributed by atoms with Crippen LogP contribution in [0.5, 0.6) is 0 Å². The van der Waals surface area contributed by atoms with Crippen molar-refractivity contribution in [2.75, 3.05) is 13.2 Å².